The van der Waals surface area contributed by atoms with Crippen molar-refractivity contribution in [1.82, 2.24) is 4.90 Å². The molecule has 1 aromatic carbocycles. The Labute approximate surface area is 142 Å². The number of benzene rings is 1. The maximum atomic E-state index is 13.3. The van der Waals surface area contributed by atoms with Crippen molar-refractivity contribution in [1.29, 1.82) is 0 Å². The normalized spacial score (nSPS) is 22.5. The molecule has 1 aliphatic carbocycles. The molecule has 0 atom stereocenters. The molecule has 4 heteroatoms. The molecule has 126 valence electrons. The van der Waals surface area contributed by atoms with E-state index in [2.05, 4.69) is 12.1 Å². The number of amides is 1. The fourth-order valence-corrected chi connectivity index (χ4v) is 4.41. The number of ether oxygens (including phenoxy) is 1. The predicted molar refractivity (Wildman–Crippen MR) is 90.2 cm³/mol. The van der Waals surface area contributed by atoms with Crippen LogP contribution in [0.4, 0.5) is 0 Å². The summed E-state index contributed by atoms with van der Waals surface area (Å²) >= 11 is 0. The lowest BCUT2D eigenvalue weighted by Crippen LogP contribution is -2.44. The van der Waals surface area contributed by atoms with Crippen molar-refractivity contribution in [3.05, 3.63) is 46.5 Å². The molecule has 0 radical (unpaired) electrons. The highest BCUT2D eigenvalue weighted by atomic mass is 16.6. The Morgan fingerprint density at radius 1 is 1.12 bits per heavy atom. The average Bonchev–Trinajstić information content (AvgIpc) is 2.84. The third kappa shape index (κ3) is 2.36. The van der Waals surface area contributed by atoms with Gasteiger partial charge in [0.2, 0.25) is 0 Å². The molecule has 0 N–H and O–H groups in total. The Morgan fingerprint density at radius 3 is 2.58 bits per heavy atom. The highest BCUT2D eigenvalue weighted by Gasteiger charge is 2.50. The second-order valence-corrected chi connectivity index (χ2v) is 7.19. The highest BCUT2D eigenvalue weighted by molar-refractivity contribution is 6.07. The van der Waals surface area contributed by atoms with E-state index < -0.39 is 5.60 Å². The molecule has 0 aromatic heterocycles. The highest BCUT2D eigenvalue weighted by Crippen LogP contribution is 2.44. The first-order valence-electron chi connectivity index (χ1n) is 8.91. The second-order valence-electron chi connectivity index (χ2n) is 7.19. The Morgan fingerprint density at radius 2 is 1.83 bits per heavy atom. The minimum Gasteiger partial charge on any atom is -0.451 e. The van der Waals surface area contributed by atoms with Crippen LogP contribution >= 0.6 is 0 Å². The van der Waals surface area contributed by atoms with E-state index in [9.17, 15) is 9.59 Å². The topological polar surface area (TPSA) is 46.6 Å². The molecule has 1 spiro atoms. The number of carbonyl (C=O) groups excluding carboxylic acids is 2. The molecule has 0 bridgehead atoms. The summed E-state index contributed by atoms with van der Waals surface area (Å²) in [6.07, 6.45) is 5.61. The first-order valence-corrected chi connectivity index (χ1v) is 8.91. The van der Waals surface area contributed by atoms with E-state index in [0.717, 1.165) is 38.5 Å². The maximum Gasteiger partial charge on any atom is 0.335 e. The lowest BCUT2D eigenvalue weighted by Gasteiger charge is -2.37. The standard InChI is InChI=1S/C20H23NO3/c1-14-17(20(24-19(14)23)10-5-2-6-11-20)18(22)21-12-9-15-7-3-4-8-16(15)13-21/h3-4,7-8H,2,5-6,9-13H2,1H3. The van der Waals surface area contributed by atoms with Crippen LogP contribution in [-0.4, -0.2) is 28.9 Å². The minimum atomic E-state index is -0.659. The van der Waals surface area contributed by atoms with Gasteiger partial charge in [-0.1, -0.05) is 30.7 Å². The smallest absolute Gasteiger partial charge is 0.335 e. The van der Waals surface area contributed by atoms with Crippen LogP contribution in [0.1, 0.15) is 50.2 Å². The lowest BCUT2D eigenvalue weighted by molar-refractivity contribution is -0.150. The zero-order valence-electron chi connectivity index (χ0n) is 14.1. The Bertz CT molecular complexity index is 728. The largest absolute Gasteiger partial charge is 0.451 e. The van der Waals surface area contributed by atoms with Crippen LogP contribution in [0, 0.1) is 0 Å². The fraction of sp³-hybridized carbons (Fsp3) is 0.500. The molecular weight excluding hydrogens is 302 g/mol. The van der Waals surface area contributed by atoms with Gasteiger partial charge in [0.05, 0.1) is 5.57 Å². The van der Waals surface area contributed by atoms with Crippen molar-refractivity contribution in [2.75, 3.05) is 6.54 Å². The summed E-state index contributed by atoms with van der Waals surface area (Å²) in [5, 5.41) is 0. The number of fused-ring (bicyclic) bond motifs is 1. The summed E-state index contributed by atoms with van der Waals surface area (Å²) in [5.41, 5.74) is 3.01. The first kappa shape index (κ1) is 15.4. The molecular formula is C20H23NO3. The number of hydrogen-bond acceptors (Lipinski definition) is 3. The second kappa shape index (κ2) is 5.76. The van der Waals surface area contributed by atoms with E-state index in [1.54, 1.807) is 6.92 Å². The fourth-order valence-electron chi connectivity index (χ4n) is 4.41. The number of rotatable bonds is 1. The van der Waals surface area contributed by atoms with Crippen LogP contribution in [0.25, 0.3) is 0 Å². The average molecular weight is 325 g/mol. The van der Waals surface area contributed by atoms with Gasteiger partial charge in [0.15, 0.2) is 0 Å². The number of esters is 1. The van der Waals surface area contributed by atoms with Gasteiger partial charge in [-0.25, -0.2) is 4.79 Å². The van der Waals surface area contributed by atoms with Crippen LogP contribution in [-0.2, 0) is 27.3 Å². The van der Waals surface area contributed by atoms with Crippen molar-refractivity contribution in [3.8, 4) is 0 Å². The molecule has 4 nitrogen and oxygen atoms in total. The van der Waals surface area contributed by atoms with Crippen LogP contribution < -0.4 is 0 Å². The summed E-state index contributed by atoms with van der Waals surface area (Å²) in [6, 6.07) is 8.28. The monoisotopic (exact) mass is 325 g/mol. The molecule has 3 aliphatic rings. The Kier molecular flexibility index (Phi) is 3.70. The van der Waals surface area contributed by atoms with Gasteiger partial charge in [0.1, 0.15) is 5.60 Å². The van der Waals surface area contributed by atoms with E-state index in [4.69, 9.17) is 4.74 Å². The van der Waals surface area contributed by atoms with Crippen molar-refractivity contribution in [2.45, 2.75) is 57.6 Å². The molecule has 2 aliphatic heterocycles. The summed E-state index contributed by atoms with van der Waals surface area (Å²) in [4.78, 5) is 27.4. The van der Waals surface area contributed by atoms with Crippen LogP contribution in [0.2, 0.25) is 0 Å². The zero-order chi connectivity index (χ0) is 16.7. The lowest BCUT2D eigenvalue weighted by atomic mass is 9.78. The van der Waals surface area contributed by atoms with Crippen molar-refractivity contribution < 1.29 is 14.3 Å². The predicted octanol–water partition coefficient (Wildman–Crippen LogP) is 3.15. The molecule has 1 aromatic rings. The summed E-state index contributed by atoms with van der Waals surface area (Å²) in [7, 11) is 0. The first-order chi connectivity index (χ1) is 11.6. The van der Waals surface area contributed by atoms with E-state index in [1.807, 2.05) is 17.0 Å². The molecule has 1 amide bonds. The van der Waals surface area contributed by atoms with Crippen LogP contribution in [0.15, 0.2) is 35.4 Å². The molecule has 1 fully saturated rings. The Balaban J connectivity index is 1.64. The molecule has 24 heavy (non-hydrogen) atoms. The van der Waals surface area contributed by atoms with E-state index in [1.165, 1.54) is 11.1 Å². The quantitative estimate of drug-likeness (QED) is 0.745. The molecule has 0 saturated heterocycles. The van der Waals surface area contributed by atoms with Crippen LogP contribution in [0.3, 0.4) is 0 Å². The van der Waals surface area contributed by atoms with Crippen molar-refractivity contribution in [2.24, 2.45) is 0 Å². The van der Waals surface area contributed by atoms with Gasteiger partial charge in [-0.2, -0.15) is 0 Å². The van der Waals surface area contributed by atoms with Crippen LogP contribution in [0.5, 0.6) is 0 Å². The van der Waals surface area contributed by atoms with E-state index >= 15 is 0 Å². The molecule has 2 heterocycles. The zero-order valence-corrected chi connectivity index (χ0v) is 14.1. The molecule has 0 unspecified atom stereocenters. The van der Waals surface area contributed by atoms with E-state index in [-0.39, 0.29) is 11.9 Å². The number of nitrogens with zero attached hydrogens (tertiary/aromatic N) is 1. The van der Waals surface area contributed by atoms with Gasteiger partial charge < -0.3 is 9.64 Å². The Hall–Kier alpha value is -2.10. The van der Waals surface area contributed by atoms with Gasteiger partial charge in [0.25, 0.3) is 5.91 Å². The van der Waals surface area contributed by atoms with E-state index in [0.29, 0.717) is 24.2 Å². The van der Waals surface area contributed by atoms with Gasteiger partial charge in [0, 0.05) is 18.7 Å². The third-order valence-corrected chi connectivity index (χ3v) is 5.72. The van der Waals surface area contributed by atoms with Gasteiger partial charge in [-0.05, 0) is 50.2 Å². The minimum absolute atomic E-state index is 0.00486. The number of carbonyl (C=O) groups is 2. The molecule has 1 saturated carbocycles. The van der Waals surface area contributed by atoms with Gasteiger partial charge in [-0.15, -0.1) is 0 Å². The van der Waals surface area contributed by atoms with Crippen molar-refractivity contribution >= 4 is 11.9 Å². The summed E-state index contributed by atoms with van der Waals surface area (Å²) in [6.45, 7) is 3.07. The maximum absolute atomic E-state index is 13.3. The van der Waals surface area contributed by atoms with Gasteiger partial charge in [-0.3, -0.25) is 4.79 Å². The summed E-state index contributed by atoms with van der Waals surface area (Å²) < 4.78 is 5.74. The molecule has 4 rings (SSSR count). The summed E-state index contributed by atoms with van der Waals surface area (Å²) in [5.74, 6) is -0.313. The number of hydrogen-bond donors (Lipinski definition) is 0. The van der Waals surface area contributed by atoms with Crippen molar-refractivity contribution in [3.63, 3.8) is 0 Å². The SMILES string of the molecule is CC1=C(C(=O)N2CCc3ccccc3C2)C2(CCCCC2)OC1=O. The third-order valence-electron chi connectivity index (χ3n) is 5.72. The van der Waals surface area contributed by atoms with Gasteiger partial charge >= 0.3 is 5.97 Å².